The fourth-order valence-corrected chi connectivity index (χ4v) is 1.75. The van der Waals surface area contributed by atoms with Gasteiger partial charge in [0.15, 0.2) is 5.82 Å². The van der Waals surface area contributed by atoms with Crippen molar-refractivity contribution in [3.63, 3.8) is 0 Å². The lowest BCUT2D eigenvalue weighted by molar-refractivity contribution is 0.475. The molecule has 4 nitrogen and oxygen atoms in total. The average Bonchev–Trinajstić information content (AvgIpc) is 2.39. The third-order valence-electron chi connectivity index (χ3n) is 2.67. The number of phenolic OH excluding ortho intramolecular Hbond substituents is 1. The Balaban J connectivity index is 2.42. The molecule has 0 saturated carbocycles. The Morgan fingerprint density at radius 1 is 1.17 bits per heavy atom. The van der Waals surface area contributed by atoms with Crippen LogP contribution in [0, 0.1) is 0 Å². The van der Waals surface area contributed by atoms with Crippen molar-refractivity contribution in [3.05, 3.63) is 36.0 Å². The van der Waals surface area contributed by atoms with Gasteiger partial charge in [0.05, 0.1) is 0 Å². The average molecular weight is 243 g/mol. The Kier molecular flexibility index (Phi) is 3.77. The molecule has 1 aromatic carbocycles. The van der Waals surface area contributed by atoms with Crippen molar-refractivity contribution in [1.29, 1.82) is 0 Å². The number of benzene rings is 1. The van der Waals surface area contributed by atoms with E-state index in [0.29, 0.717) is 5.82 Å². The standard InChI is InChI=1S/C14H17N3O/c1-3-4-11-9-13(15-2)17-14(16-11)10-5-7-12(18)8-6-10/h5-9,18H,3-4H2,1-2H3,(H,15,16,17). The zero-order valence-corrected chi connectivity index (χ0v) is 10.6. The molecule has 94 valence electrons. The number of phenols is 1. The number of hydrogen-bond acceptors (Lipinski definition) is 4. The van der Waals surface area contributed by atoms with E-state index < -0.39 is 0 Å². The molecule has 4 heteroatoms. The lowest BCUT2D eigenvalue weighted by Gasteiger charge is -2.07. The molecule has 1 heterocycles. The second kappa shape index (κ2) is 5.49. The van der Waals surface area contributed by atoms with Gasteiger partial charge in [0.1, 0.15) is 11.6 Å². The second-order valence-electron chi connectivity index (χ2n) is 4.12. The normalized spacial score (nSPS) is 10.3. The molecule has 0 aliphatic rings. The Bertz CT molecular complexity index is 523. The van der Waals surface area contributed by atoms with Gasteiger partial charge in [-0.1, -0.05) is 13.3 Å². The van der Waals surface area contributed by atoms with Crippen LogP contribution < -0.4 is 5.32 Å². The molecule has 0 fully saturated rings. The highest BCUT2D eigenvalue weighted by atomic mass is 16.3. The van der Waals surface area contributed by atoms with E-state index in [1.54, 1.807) is 12.1 Å². The Morgan fingerprint density at radius 2 is 1.89 bits per heavy atom. The minimum absolute atomic E-state index is 0.248. The molecule has 0 aliphatic heterocycles. The van der Waals surface area contributed by atoms with Gasteiger partial charge in [-0.05, 0) is 30.7 Å². The van der Waals surface area contributed by atoms with Gasteiger partial charge in [-0.2, -0.15) is 0 Å². The van der Waals surface area contributed by atoms with E-state index in [9.17, 15) is 5.11 Å². The van der Waals surface area contributed by atoms with Gasteiger partial charge in [-0.3, -0.25) is 0 Å². The highest BCUT2D eigenvalue weighted by Gasteiger charge is 2.06. The quantitative estimate of drug-likeness (QED) is 0.867. The number of nitrogens with one attached hydrogen (secondary N) is 1. The second-order valence-corrected chi connectivity index (χ2v) is 4.12. The van der Waals surface area contributed by atoms with Crippen molar-refractivity contribution in [2.45, 2.75) is 19.8 Å². The zero-order chi connectivity index (χ0) is 13.0. The summed E-state index contributed by atoms with van der Waals surface area (Å²) >= 11 is 0. The smallest absolute Gasteiger partial charge is 0.161 e. The number of anilines is 1. The lowest BCUT2D eigenvalue weighted by atomic mass is 10.2. The number of rotatable bonds is 4. The molecule has 0 radical (unpaired) electrons. The fourth-order valence-electron chi connectivity index (χ4n) is 1.75. The Morgan fingerprint density at radius 3 is 2.50 bits per heavy atom. The maximum absolute atomic E-state index is 9.29. The van der Waals surface area contributed by atoms with Crippen molar-refractivity contribution in [1.82, 2.24) is 9.97 Å². The topological polar surface area (TPSA) is 58.0 Å². The van der Waals surface area contributed by atoms with Crippen molar-refractivity contribution < 1.29 is 5.11 Å². The molecule has 18 heavy (non-hydrogen) atoms. The zero-order valence-electron chi connectivity index (χ0n) is 10.6. The molecule has 2 aromatic rings. The molecule has 0 amide bonds. The minimum Gasteiger partial charge on any atom is -0.508 e. The van der Waals surface area contributed by atoms with E-state index in [4.69, 9.17) is 0 Å². The number of hydrogen-bond donors (Lipinski definition) is 2. The number of aromatic hydroxyl groups is 1. The fraction of sp³-hybridized carbons (Fsp3) is 0.286. The predicted octanol–water partition coefficient (Wildman–Crippen LogP) is 2.84. The summed E-state index contributed by atoms with van der Waals surface area (Å²) in [6.07, 6.45) is 1.98. The van der Waals surface area contributed by atoms with Crippen LogP contribution in [0.5, 0.6) is 5.75 Å². The summed E-state index contributed by atoms with van der Waals surface area (Å²) < 4.78 is 0. The maximum atomic E-state index is 9.29. The molecule has 0 unspecified atom stereocenters. The molecule has 0 bridgehead atoms. The molecule has 2 N–H and O–H groups in total. The van der Waals surface area contributed by atoms with E-state index in [-0.39, 0.29) is 5.75 Å². The summed E-state index contributed by atoms with van der Waals surface area (Å²) in [5.74, 6) is 1.75. The van der Waals surface area contributed by atoms with Crippen LogP contribution in [-0.2, 0) is 6.42 Å². The summed E-state index contributed by atoms with van der Waals surface area (Å²) in [6.45, 7) is 2.13. The molecular formula is C14H17N3O. The van der Waals surface area contributed by atoms with Crippen LogP contribution in [0.2, 0.25) is 0 Å². The van der Waals surface area contributed by atoms with Crippen LogP contribution in [0.3, 0.4) is 0 Å². The number of nitrogens with zero attached hydrogens (tertiary/aromatic N) is 2. The van der Waals surface area contributed by atoms with E-state index in [2.05, 4.69) is 22.2 Å². The Hall–Kier alpha value is -2.10. The van der Waals surface area contributed by atoms with Crippen molar-refractivity contribution in [3.8, 4) is 17.1 Å². The number of aryl methyl sites for hydroxylation is 1. The van der Waals surface area contributed by atoms with Gasteiger partial charge in [0, 0.05) is 24.4 Å². The summed E-state index contributed by atoms with van der Waals surface area (Å²) in [5, 5.41) is 12.3. The molecule has 0 atom stereocenters. The first kappa shape index (κ1) is 12.4. The summed E-state index contributed by atoms with van der Waals surface area (Å²) in [6, 6.07) is 8.89. The van der Waals surface area contributed by atoms with Crippen molar-refractivity contribution in [2.24, 2.45) is 0 Å². The monoisotopic (exact) mass is 243 g/mol. The number of aromatic nitrogens is 2. The van der Waals surface area contributed by atoms with Gasteiger partial charge >= 0.3 is 0 Å². The highest BCUT2D eigenvalue weighted by molar-refractivity contribution is 5.58. The van der Waals surface area contributed by atoms with Crippen LogP contribution in [0.1, 0.15) is 19.0 Å². The van der Waals surface area contributed by atoms with Crippen molar-refractivity contribution in [2.75, 3.05) is 12.4 Å². The van der Waals surface area contributed by atoms with E-state index >= 15 is 0 Å². The third-order valence-corrected chi connectivity index (χ3v) is 2.67. The van der Waals surface area contributed by atoms with Gasteiger partial charge < -0.3 is 10.4 Å². The molecule has 2 rings (SSSR count). The molecule has 1 aromatic heterocycles. The molecule has 0 spiro atoms. The first-order valence-electron chi connectivity index (χ1n) is 6.08. The van der Waals surface area contributed by atoms with Crippen LogP contribution in [0.15, 0.2) is 30.3 Å². The van der Waals surface area contributed by atoms with Crippen molar-refractivity contribution >= 4 is 5.82 Å². The van der Waals surface area contributed by atoms with E-state index in [0.717, 1.165) is 29.9 Å². The summed E-state index contributed by atoms with van der Waals surface area (Å²) in [7, 11) is 1.85. The molecule has 0 aliphatic carbocycles. The predicted molar refractivity (Wildman–Crippen MR) is 72.7 cm³/mol. The molecular weight excluding hydrogens is 226 g/mol. The van der Waals surface area contributed by atoms with Gasteiger partial charge in [-0.25, -0.2) is 9.97 Å². The van der Waals surface area contributed by atoms with Crippen LogP contribution in [0.4, 0.5) is 5.82 Å². The van der Waals surface area contributed by atoms with E-state index in [1.807, 2.05) is 25.2 Å². The van der Waals surface area contributed by atoms with Gasteiger partial charge in [0.25, 0.3) is 0 Å². The SMILES string of the molecule is CCCc1cc(NC)nc(-c2ccc(O)cc2)n1. The van der Waals surface area contributed by atoms with Gasteiger partial charge in [0.2, 0.25) is 0 Å². The Labute approximate surface area is 107 Å². The molecule has 0 saturated heterocycles. The summed E-state index contributed by atoms with van der Waals surface area (Å²) in [5.41, 5.74) is 1.93. The van der Waals surface area contributed by atoms with Crippen LogP contribution >= 0.6 is 0 Å². The minimum atomic E-state index is 0.248. The first-order valence-corrected chi connectivity index (χ1v) is 6.08. The van der Waals surface area contributed by atoms with Crippen LogP contribution in [-0.4, -0.2) is 22.1 Å². The summed E-state index contributed by atoms with van der Waals surface area (Å²) in [4.78, 5) is 8.97. The maximum Gasteiger partial charge on any atom is 0.161 e. The first-order chi connectivity index (χ1) is 8.72. The third kappa shape index (κ3) is 2.77. The lowest BCUT2D eigenvalue weighted by Crippen LogP contribution is -2.00. The highest BCUT2D eigenvalue weighted by Crippen LogP contribution is 2.20. The van der Waals surface area contributed by atoms with E-state index in [1.165, 1.54) is 0 Å². The van der Waals surface area contributed by atoms with Gasteiger partial charge in [-0.15, -0.1) is 0 Å². The largest absolute Gasteiger partial charge is 0.508 e. The van der Waals surface area contributed by atoms with Crippen LogP contribution in [0.25, 0.3) is 11.4 Å².